The van der Waals surface area contributed by atoms with Crippen molar-refractivity contribution in [2.24, 2.45) is 0 Å². The fourth-order valence-electron chi connectivity index (χ4n) is 9.49. The molecule has 12 rings (SSSR count). The van der Waals surface area contributed by atoms with E-state index in [0.29, 0.717) is 5.82 Å². The van der Waals surface area contributed by atoms with Crippen LogP contribution in [0.4, 0.5) is 0 Å². The first-order valence-electron chi connectivity index (χ1n) is 20.8. The molecule has 0 atom stereocenters. The highest BCUT2D eigenvalue weighted by Gasteiger charge is 2.22. The zero-order valence-corrected chi connectivity index (χ0v) is 33.2. The van der Waals surface area contributed by atoms with Crippen molar-refractivity contribution >= 4 is 54.1 Å². The van der Waals surface area contributed by atoms with E-state index in [1.165, 1.54) is 65.4 Å². The van der Waals surface area contributed by atoms with Gasteiger partial charge in [0.05, 0.1) is 22.4 Å². The molecule has 12 aromatic rings. The van der Waals surface area contributed by atoms with Crippen LogP contribution in [0.5, 0.6) is 0 Å². The average molecular weight is 776 g/mol. The van der Waals surface area contributed by atoms with Gasteiger partial charge in [-0.3, -0.25) is 0 Å². The summed E-state index contributed by atoms with van der Waals surface area (Å²) in [4.78, 5) is 10.8. The summed E-state index contributed by atoms with van der Waals surface area (Å²) in [6.45, 7) is 0. The Morgan fingerprint density at radius 2 is 0.902 bits per heavy atom. The van der Waals surface area contributed by atoms with E-state index in [-0.39, 0.29) is 0 Å². The van der Waals surface area contributed by atoms with Crippen molar-refractivity contribution in [3.8, 4) is 61.8 Å². The van der Waals surface area contributed by atoms with Gasteiger partial charge in [-0.05, 0) is 67.9 Å². The van der Waals surface area contributed by atoms with Gasteiger partial charge in [0.2, 0.25) is 0 Å². The van der Waals surface area contributed by atoms with Crippen LogP contribution < -0.4 is 0 Å². The molecule has 10 aromatic carbocycles. The van der Waals surface area contributed by atoms with E-state index in [1.54, 1.807) is 0 Å². The molecule has 0 saturated heterocycles. The number of aromatic nitrogens is 3. The van der Waals surface area contributed by atoms with Crippen LogP contribution in [-0.4, -0.2) is 14.5 Å². The van der Waals surface area contributed by atoms with E-state index in [2.05, 4.69) is 223 Å². The number of rotatable bonds is 6. The first-order valence-corrected chi connectivity index (χ1v) is 20.8. The molecule has 0 fully saturated rings. The van der Waals surface area contributed by atoms with Crippen LogP contribution in [0.1, 0.15) is 0 Å². The van der Waals surface area contributed by atoms with Gasteiger partial charge >= 0.3 is 0 Å². The fraction of sp³-hybridized carbons (Fsp3) is 0. The van der Waals surface area contributed by atoms with E-state index < -0.39 is 0 Å². The maximum Gasteiger partial charge on any atom is 0.160 e. The molecule has 0 bridgehead atoms. The molecule has 0 saturated carbocycles. The maximum atomic E-state index is 5.45. The molecule has 3 heteroatoms. The maximum absolute atomic E-state index is 5.45. The zero-order chi connectivity index (χ0) is 40.3. The van der Waals surface area contributed by atoms with Gasteiger partial charge < -0.3 is 4.57 Å². The molecule has 3 nitrogen and oxygen atoms in total. The number of hydrogen-bond donors (Lipinski definition) is 0. The first-order chi connectivity index (χ1) is 30.3. The van der Waals surface area contributed by atoms with Gasteiger partial charge in [-0.25, -0.2) is 9.97 Å². The second-order valence-corrected chi connectivity index (χ2v) is 15.7. The van der Waals surface area contributed by atoms with E-state index in [4.69, 9.17) is 9.97 Å². The fourth-order valence-corrected chi connectivity index (χ4v) is 9.49. The topological polar surface area (TPSA) is 30.7 Å². The van der Waals surface area contributed by atoms with Crippen LogP contribution in [-0.2, 0) is 0 Å². The van der Waals surface area contributed by atoms with E-state index >= 15 is 0 Å². The van der Waals surface area contributed by atoms with Crippen molar-refractivity contribution in [3.63, 3.8) is 0 Å². The van der Waals surface area contributed by atoms with Gasteiger partial charge in [0, 0.05) is 44.1 Å². The van der Waals surface area contributed by atoms with Crippen LogP contribution in [0.3, 0.4) is 0 Å². The first kappa shape index (κ1) is 34.9. The highest BCUT2D eigenvalue weighted by atomic mass is 15.0. The minimum Gasteiger partial charge on any atom is -0.309 e. The normalized spacial score (nSPS) is 11.6. The van der Waals surface area contributed by atoms with Gasteiger partial charge in [-0.2, -0.15) is 0 Å². The van der Waals surface area contributed by atoms with E-state index in [9.17, 15) is 0 Å². The highest BCUT2D eigenvalue weighted by Crippen LogP contribution is 2.47. The summed E-state index contributed by atoms with van der Waals surface area (Å²) in [5.74, 6) is 0.693. The SMILES string of the molecule is c1ccc(-c2nc(-c3ccc(-c4cccc5c6ccccc6n(-c6ccccc6)c45)cc3)cc(-c3c4ccccc4c(-c4ccccc4)c4ccc5ccccc5c34)n2)cc1. The molecule has 0 aliphatic carbocycles. The standard InChI is InChI=1S/C58H37N3/c1-4-18-41(19-5-1)54-47-26-12-13-27-48(47)56(55-44-24-11-10-17-38(44)35-36-50(54)55)52-37-51(59-58(60-52)42-20-6-2-7-21-42)40-33-31-39(32-34-40)45-28-16-29-49-46-25-14-15-30-53(46)61(57(45)49)43-22-8-3-9-23-43/h1-37H. The summed E-state index contributed by atoms with van der Waals surface area (Å²) in [6, 6.07) is 80.4. The second kappa shape index (κ2) is 14.3. The third-order valence-electron chi connectivity index (χ3n) is 12.2. The van der Waals surface area contributed by atoms with Crippen molar-refractivity contribution < 1.29 is 0 Å². The van der Waals surface area contributed by atoms with Crippen molar-refractivity contribution in [2.45, 2.75) is 0 Å². The molecule has 284 valence electrons. The monoisotopic (exact) mass is 775 g/mol. The lowest BCUT2D eigenvalue weighted by molar-refractivity contribution is 1.18. The number of nitrogens with zero attached hydrogens (tertiary/aromatic N) is 3. The summed E-state index contributed by atoms with van der Waals surface area (Å²) in [6.07, 6.45) is 0. The highest BCUT2D eigenvalue weighted by molar-refractivity contribution is 6.27. The minimum absolute atomic E-state index is 0.693. The van der Waals surface area contributed by atoms with Crippen molar-refractivity contribution in [1.82, 2.24) is 14.5 Å². The summed E-state index contributed by atoms with van der Waals surface area (Å²) in [5.41, 5.74) is 13.2. The van der Waals surface area contributed by atoms with Crippen molar-refractivity contribution in [1.29, 1.82) is 0 Å². The quantitative estimate of drug-likeness (QED) is 0.124. The molecule has 2 aromatic heterocycles. The molecule has 0 amide bonds. The van der Waals surface area contributed by atoms with Crippen LogP contribution in [0.25, 0.3) is 116 Å². The molecular formula is C58H37N3. The van der Waals surface area contributed by atoms with E-state index in [0.717, 1.165) is 44.7 Å². The van der Waals surface area contributed by atoms with Crippen molar-refractivity contribution in [2.75, 3.05) is 0 Å². The molecular weight excluding hydrogens is 739 g/mol. The van der Waals surface area contributed by atoms with Gasteiger partial charge in [-0.1, -0.05) is 200 Å². The van der Waals surface area contributed by atoms with Gasteiger partial charge in [0.1, 0.15) is 0 Å². The summed E-state index contributed by atoms with van der Waals surface area (Å²) in [7, 11) is 0. The van der Waals surface area contributed by atoms with Crippen molar-refractivity contribution in [3.05, 3.63) is 224 Å². The molecule has 0 N–H and O–H groups in total. The van der Waals surface area contributed by atoms with Gasteiger partial charge in [0.25, 0.3) is 0 Å². The number of hydrogen-bond acceptors (Lipinski definition) is 2. The Morgan fingerprint density at radius 3 is 1.66 bits per heavy atom. The third-order valence-corrected chi connectivity index (χ3v) is 12.2. The van der Waals surface area contributed by atoms with E-state index in [1.807, 2.05) is 6.07 Å². The number of fused-ring (bicyclic) bond motifs is 7. The molecule has 0 aliphatic heterocycles. The minimum atomic E-state index is 0.693. The Kier molecular flexibility index (Phi) is 8.17. The second-order valence-electron chi connectivity index (χ2n) is 15.7. The van der Waals surface area contributed by atoms with Crippen LogP contribution >= 0.6 is 0 Å². The number of benzene rings is 10. The molecule has 0 spiro atoms. The molecule has 2 heterocycles. The summed E-state index contributed by atoms with van der Waals surface area (Å²) >= 11 is 0. The zero-order valence-electron chi connectivity index (χ0n) is 33.2. The van der Waals surface area contributed by atoms with Crippen LogP contribution in [0.15, 0.2) is 224 Å². The smallest absolute Gasteiger partial charge is 0.160 e. The Balaban J connectivity index is 1.09. The predicted molar refractivity (Wildman–Crippen MR) is 256 cm³/mol. The summed E-state index contributed by atoms with van der Waals surface area (Å²) < 4.78 is 2.40. The lowest BCUT2D eigenvalue weighted by atomic mass is 9.85. The predicted octanol–water partition coefficient (Wildman–Crippen LogP) is 15.4. The summed E-state index contributed by atoms with van der Waals surface area (Å²) in [5, 5.41) is 9.62. The Hall–Kier alpha value is -8.14. The number of para-hydroxylation sites is 3. The lowest BCUT2D eigenvalue weighted by Crippen LogP contribution is -1.98. The van der Waals surface area contributed by atoms with Gasteiger partial charge in [-0.15, -0.1) is 0 Å². The Morgan fingerprint density at radius 1 is 0.328 bits per heavy atom. The molecule has 61 heavy (non-hydrogen) atoms. The Labute approximate surface area is 353 Å². The molecule has 0 radical (unpaired) electrons. The molecule has 0 unspecified atom stereocenters. The molecule has 0 aliphatic rings. The Bertz CT molecular complexity index is 3610. The van der Waals surface area contributed by atoms with Gasteiger partial charge in [0.15, 0.2) is 5.82 Å². The largest absolute Gasteiger partial charge is 0.309 e. The lowest BCUT2D eigenvalue weighted by Gasteiger charge is -2.19. The average Bonchev–Trinajstić information content (AvgIpc) is 3.68. The van der Waals surface area contributed by atoms with Crippen LogP contribution in [0, 0.1) is 0 Å². The van der Waals surface area contributed by atoms with Crippen LogP contribution in [0.2, 0.25) is 0 Å². The third kappa shape index (κ3) is 5.74.